The van der Waals surface area contributed by atoms with Crippen LogP contribution in [0.15, 0.2) is 42.5 Å². The van der Waals surface area contributed by atoms with Crippen molar-refractivity contribution in [3.8, 4) is 17.6 Å². The highest BCUT2D eigenvalue weighted by Crippen LogP contribution is 2.35. The fraction of sp³-hybridized carbons (Fsp3) is 0.381. The van der Waals surface area contributed by atoms with E-state index in [1.165, 1.54) is 6.07 Å². The minimum absolute atomic E-state index is 0.0293. The molecule has 0 aliphatic carbocycles. The van der Waals surface area contributed by atoms with Gasteiger partial charge < -0.3 is 14.4 Å². The van der Waals surface area contributed by atoms with Gasteiger partial charge in [0.25, 0.3) is 0 Å². The van der Waals surface area contributed by atoms with Crippen LogP contribution < -0.4 is 14.4 Å². The van der Waals surface area contributed by atoms with Gasteiger partial charge in [0.1, 0.15) is 6.10 Å². The molecule has 1 fully saturated rings. The number of alkyl halides is 3. The van der Waals surface area contributed by atoms with E-state index >= 15 is 0 Å². The summed E-state index contributed by atoms with van der Waals surface area (Å²) >= 11 is 0. The van der Waals surface area contributed by atoms with Crippen molar-refractivity contribution in [3.05, 3.63) is 53.6 Å². The van der Waals surface area contributed by atoms with Crippen LogP contribution in [0.3, 0.4) is 0 Å². The molecule has 0 atom stereocenters. The third kappa shape index (κ3) is 4.50. The van der Waals surface area contributed by atoms with Crippen LogP contribution in [0.25, 0.3) is 0 Å². The number of benzene rings is 2. The Morgan fingerprint density at radius 1 is 1.11 bits per heavy atom. The van der Waals surface area contributed by atoms with E-state index in [-0.39, 0.29) is 11.7 Å². The lowest BCUT2D eigenvalue weighted by molar-refractivity contribution is -0.137. The van der Waals surface area contributed by atoms with Crippen molar-refractivity contribution in [2.45, 2.75) is 32.0 Å². The average Bonchev–Trinajstić information content (AvgIpc) is 2.69. The van der Waals surface area contributed by atoms with E-state index in [0.29, 0.717) is 49.7 Å². The van der Waals surface area contributed by atoms with Gasteiger partial charge in [-0.15, -0.1) is 0 Å². The highest BCUT2D eigenvalue weighted by molar-refractivity contribution is 5.55. The zero-order valence-electron chi connectivity index (χ0n) is 15.5. The molecule has 1 heterocycles. The van der Waals surface area contributed by atoms with Crippen molar-refractivity contribution >= 4 is 5.69 Å². The van der Waals surface area contributed by atoms with E-state index in [1.54, 1.807) is 12.1 Å². The first-order valence-electron chi connectivity index (χ1n) is 9.17. The van der Waals surface area contributed by atoms with Gasteiger partial charge in [0, 0.05) is 31.6 Å². The average molecular weight is 390 g/mol. The topological polar surface area (TPSA) is 45.5 Å². The zero-order valence-corrected chi connectivity index (χ0v) is 15.5. The summed E-state index contributed by atoms with van der Waals surface area (Å²) in [5, 5.41) is 8.93. The fourth-order valence-electron chi connectivity index (χ4n) is 3.29. The van der Waals surface area contributed by atoms with E-state index < -0.39 is 11.7 Å². The number of ether oxygens (including phenoxy) is 2. The second-order valence-corrected chi connectivity index (χ2v) is 6.52. The van der Waals surface area contributed by atoms with Gasteiger partial charge in [0.2, 0.25) is 0 Å². The van der Waals surface area contributed by atoms with Crippen molar-refractivity contribution in [2.24, 2.45) is 0 Å². The first kappa shape index (κ1) is 19.9. The normalized spacial score (nSPS) is 15.2. The monoisotopic (exact) mass is 390 g/mol. The molecule has 0 saturated carbocycles. The number of nitriles is 1. The van der Waals surface area contributed by atoms with Crippen LogP contribution in [-0.4, -0.2) is 25.8 Å². The molecule has 2 aromatic carbocycles. The number of hydrogen-bond acceptors (Lipinski definition) is 4. The summed E-state index contributed by atoms with van der Waals surface area (Å²) in [6, 6.07) is 12.9. The van der Waals surface area contributed by atoms with Crippen LogP contribution in [0.4, 0.5) is 18.9 Å². The summed E-state index contributed by atoms with van der Waals surface area (Å²) in [6.45, 7) is 3.59. The van der Waals surface area contributed by atoms with Gasteiger partial charge in [-0.3, -0.25) is 0 Å². The standard InChI is InChI=1S/C21H21F3N2O2/c1-2-27-19-5-3-4-6-20(19)28-17-9-11-26(12-10-17)16-8-7-15(14-25)18(13-16)21(22,23)24/h3-8,13,17H,2,9-12H2,1H3. The van der Waals surface area contributed by atoms with Crippen LogP contribution in [0.5, 0.6) is 11.5 Å². The quantitative estimate of drug-likeness (QED) is 0.719. The maximum Gasteiger partial charge on any atom is 0.417 e. The molecule has 2 aromatic rings. The summed E-state index contributed by atoms with van der Waals surface area (Å²) < 4.78 is 51.2. The van der Waals surface area contributed by atoms with Crippen molar-refractivity contribution in [1.29, 1.82) is 5.26 Å². The van der Waals surface area contributed by atoms with Crippen LogP contribution >= 0.6 is 0 Å². The summed E-state index contributed by atoms with van der Waals surface area (Å²) in [6.07, 6.45) is -3.21. The number of nitrogens with zero attached hydrogens (tertiary/aromatic N) is 2. The molecule has 0 radical (unpaired) electrons. The van der Waals surface area contributed by atoms with E-state index in [9.17, 15) is 13.2 Å². The van der Waals surface area contributed by atoms with Gasteiger partial charge in [0.15, 0.2) is 11.5 Å². The van der Waals surface area contributed by atoms with Crippen LogP contribution in [0.1, 0.15) is 30.9 Å². The summed E-state index contributed by atoms with van der Waals surface area (Å²) in [5.74, 6) is 1.37. The number of para-hydroxylation sites is 2. The summed E-state index contributed by atoms with van der Waals surface area (Å²) in [4.78, 5) is 1.89. The lowest BCUT2D eigenvalue weighted by atomic mass is 10.0. The Hall–Kier alpha value is -2.88. The van der Waals surface area contributed by atoms with Gasteiger partial charge in [-0.1, -0.05) is 12.1 Å². The Morgan fingerprint density at radius 2 is 1.79 bits per heavy atom. The van der Waals surface area contributed by atoms with Crippen molar-refractivity contribution in [1.82, 2.24) is 0 Å². The molecule has 0 N–H and O–H groups in total. The second-order valence-electron chi connectivity index (χ2n) is 6.52. The fourth-order valence-corrected chi connectivity index (χ4v) is 3.29. The maximum atomic E-state index is 13.2. The number of rotatable bonds is 5. The van der Waals surface area contributed by atoms with Gasteiger partial charge in [-0.05, 0) is 37.3 Å². The molecular formula is C21H21F3N2O2. The predicted molar refractivity (Wildman–Crippen MR) is 99.6 cm³/mol. The molecule has 0 spiro atoms. The van der Waals surface area contributed by atoms with Crippen LogP contribution in [0, 0.1) is 11.3 Å². The van der Waals surface area contributed by atoms with Crippen molar-refractivity contribution in [2.75, 3.05) is 24.6 Å². The van der Waals surface area contributed by atoms with Gasteiger partial charge in [-0.2, -0.15) is 18.4 Å². The Morgan fingerprint density at radius 3 is 2.39 bits per heavy atom. The first-order valence-corrected chi connectivity index (χ1v) is 9.17. The Labute approximate surface area is 162 Å². The van der Waals surface area contributed by atoms with Gasteiger partial charge in [-0.25, -0.2) is 0 Å². The SMILES string of the molecule is CCOc1ccccc1OC1CCN(c2ccc(C#N)c(C(F)(F)F)c2)CC1. The Balaban J connectivity index is 1.67. The van der Waals surface area contributed by atoms with Crippen LogP contribution in [0.2, 0.25) is 0 Å². The lowest BCUT2D eigenvalue weighted by Crippen LogP contribution is -2.38. The third-order valence-corrected chi connectivity index (χ3v) is 4.68. The molecular weight excluding hydrogens is 369 g/mol. The van der Waals surface area contributed by atoms with Gasteiger partial charge >= 0.3 is 6.18 Å². The van der Waals surface area contributed by atoms with Crippen molar-refractivity contribution < 1.29 is 22.6 Å². The van der Waals surface area contributed by atoms with Gasteiger partial charge in [0.05, 0.1) is 23.8 Å². The minimum atomic E-state index is -4.55. The second kappa shape index (κ2) is 8.42. The zero-order chi connectivity index (χ0) is 20.1. The van der Waals surface area contributed by atoms with Crippen molar-refractivity contribution in [3.63, 3.8) is 0 Å². The Kier molecular flexibility index (Phi) is 5.98. The molecule has 0 unspecified atom stereocenters. The highest BCUT2D eigenvalue weighted by atomic mass is 19.4. The number of halogens is 3. The van der Waals surface area contributed by atoms with E-state index in [2.05, 4.69) is 0 Å². The van der Waals surface area contributed by atoms with E-state index in [0.717, 1.165) is 6.07 Å². The molecule has 4 nitrogen and oxygen atoms in total. The molecule has 1 aliphatic rings. The van der Waals surface area contributed by atoms with E-state index in [4.69, 9.17) is 14.7 Å². The molecule has 1 aliphatic heterocycles. The summed E-state index contributed by atoms with van der Waals surface area (Å²) in [5.41, 5.74) is -0.780. The number of hydrogen-bond donors (Lipinski definition) is 0. The molecule has 3 rings (SSSR count). The highest BCUT2D eigenvalue weighted by Gasteiger charge is 2.34. The smallest absolute Gasteiger partial charge is 0.417 e. The molecule has 148 valence electrons. The van der Waals surface area contributed by atoms with Crippen LogP contribution in [-0.2, 0) is 6.18 Å². The molecule has 28 heavy (non-hydrogen) atoms. The molecule has 0 aromatic heterocycles. The van der Waals surface area contributed by atoms with E-state index in [1.807, 2.05) is 36.1 Å². The maximum absolute atomic E-state index is 13.2. The predicted octanol–water partition coefficient (Wildman–Crippen LogP) is 5.02. The first-order chi connectivity index (χ1) is 13.4. The number of anilines is 1. The molecule has 0 bridgehead atoms. The molecule has 1 saturated heterocycles. The molecule has 7 heteroatoms. The summed E-state index contributed by atoms with van der Waals surface area (Å²) in [7, 11) is 0. The third-order valence-electron chi connectivity index (χ3n) is 4.68. The lowest BCUT2D eigenvalue weighted by Gasteiger charge is -2.34. The largest absolute Gasteiger partial charge is 0.490 e. The number of piperidine rings is 1. The minimum Gasteiger partial charge on any atom is -0.490 e. The molecule has 0 amide bonds. The Bertz CT molecular complexity index is 853.